The Labute approximate surface area is 262 Å². The number of carbonyl (C=O) groups is 2. The summed E-state index contributed by atoms with van der Waals surface area (Å²) < 4.78 is 13.2. The van der Waals surface area contributed by atoms with E-state index in [0.717, 1.165) is 59.5 Å². The second kappa shape index (κ2) is 12.8. The van der Waals surface area contributed by atoms with E-state index in [0.29, 0.717) is 43.5 Å². The van der Waals surface area contributed by atoms with Crippen LogP contribution in [0.25, 0.3) is 22.9 Å². The van der Waals surface area contributed by atoms with Crippen LogP contribution in [-0.2, 0) is 26.2 Å². The zero-order chi connectivity index (χ0) is 31.6. The molecule has 4 heterocycles. The maximum atomic E-state index is 12.8. The molecule has 1 fully saturated rings. The lowest BCUT2D eigenvalue weighted by Crippen LogP contribution is -2.38. The summed E-state index contributed by atoms with van der Waals surface area (Å²) >= 11 is 0. The van der Waals surface area contributed by atoms with Gasteiger partial charge in [0.25, 0.3) is 0 Å². The molecule has 4 aromatic rings. The van der Waals surface area contributed by atoms with Gasteiger partial charge in [-0.3, -0.25) is 14.0 Å². The van der Waals surface area contributed by atoms with Crippen LogP contribution in [0.2, 0.25) is 0 Å². The zero-order valence-corrected chi connectivity index (χ0v) is 26.1. The lowest BCUT2D eigenvalue weighted by molar-refractivity contribution is -0.123. The van der Waals surface area contributed by atoms with Crippen LogP contribution in [0.5, 0.6) is 0 Å². The Kier molecular flexibility index (Phi) is 8.71. The highest BCUT2D eigenvalue weighted by molar-refractivity contribution is 5.91. The van der Waals surface area contributed by atoms with E-state index in [1.54, 1.807) is 12.3 Å². The number of nitrogens with two attached hydrogens (primary N) is 1. The van der Waals surface area contributed by atoms with Crippen LogP contribution >= 0.6 is 0 Å². The van der Waals surface area contributed by atoms with Crippen LogP contribution in [-0.4, -0.2) is 50.6 Å². The molecule has 2 bridgehead atoms. The van der Waals surface area contributed by atoms with E-state index < -0.39 is 0 Å². The minimum absolute atomic E-state index is 0.0262. The predicted octanol–water partition coefficient (Wildman–Crippen LogP) is 5.41. The topological polar surface area (TPSA) is 150 Å². The highest BCUT2D eigenvalue weighted by Gasteiger charge is 2.30. The van der Waals surface area contributed by atoms with Gasteiger partial charge >= 0.3 is 0 Å². The quantitative estimate of drug-likeness (QED) is 0.277. The number of hydrogen-bond donors (Lipinski definition) is 3. The first-order valence-corrected chi connectivity index (χ1v) is 15.7. The summed E-state index contributed by atoms with van der Waals surface area (Å²) in [5.41, 5.74) is 10.5. The van der Waals surface area contributed by atoms with Crippen molar-refractivity contribution >= 4 is 35.0 Å². The van der Waals surface area contributed by atoms with E-state index in [2.05, 4.69) is 31.3 Å². The van der Waals surface area contributed by atoms with Crippen molar-refractivity contribution in [3.8, 4) is 11.3 Å². The fourth-order valence-electron chi connectivity index (χ4n) is 6.10. The molecule has 2 aliphatic rings. The number of amides is 2. The van der Waals surface area contributed by atoms with Gasteiger partial charge in [0.15, 0.2) is 5.82 Å². The van der Waals surface area contributed by atoms with Gasteiger partial charge in [-0.05, 0) is 37.3 Å². The van der Waals surface area contributed by atoms with E-state index in [-0.39, 0.29) is 35.6 Å². The highest BCUT2D eigenvalue weighted by atomic mass is 16.5. The van der Waals surface area contributed by atoms with Crippen LogP contribution in [0.15, 0.2) is 47.1 Å². The van der Waals surface area contributed by atoms with E-state index in [4.69, 9.17) is 20.0 Å². The van der Waals surface area contributed by atoms with Crippen molar-refractivity contribution < 1.29 is 18.8 Å². The van der Waals surface area contributed by atoms with Crippen LogP contribution < -0.4 is 16.4 Å². The average molecular weight is 612 g/mol. The van der Waals surface area contributed by atoms with Crippen molar-refractivity contribution in [3.63, 3.8) is 0 Å². The molecule has 45 heavy (non-hydrogen) atoms. The fraction of sp³-hybridized carbons (Fsp3) is 0.441. The molecule has 11 nitrogen and oxygen atoms in total. The summed E-state index contributed by atoms with van der Waals surface area (Å²) in [6.07, 6.45) is 10.8. The molecule has 3 aromatic heterocycles. The van der Waals surface area contributed by atoms with Crippen molar-refractivity contribution in [2.24, 2.45) is 0 Å². The Hall–Kier alpha value is -4.51. The first-order chi connectivity index (χ1) is 21.7. The number of fused-ring (bicyclic) bond motifs is 3. The van der Waals surface area contributed by atoms with Gasteiger partial charge in [-0.2, -0.15) is 0 Å². The number of benzene rings is 1. The maximum absolute atomic E-state index is 12.8. The molecule has 6 rings (SSSR count). The third-order valence-corrected chi connectivity index (χ3v) is 8.44. The number of imidazole rings is 1. The number of aromatic nitrogens is 4. The molecule has 236 valence electrons. The van der Waals surface area contributed by atoms with E-state index in [9.17, 15) is 9.59 Å². The van der Waals surface area contributed by atoms with Gasteiger partial charge in [0.2, 0.25) is 11.8 Å². The molecule has 2 amide bonds. The minimum Gasteiger partial charge on any atom is -0.382 e. The van der Waals surface area contributed by atoms with Crippen molar-refractivity contribution in [1.29, 1.82) is 0 Å². The third-order valence-electron chi connectivity index (χ3n) is 8.44. The monoisotopic (exact) mass is 611 g/mol. The molecule has 1 saturated carbocycles. The van der Waals surface area contributed by atoms with Gasteiger partial charge in [0.05, 0.1) is 31.5 Å². The van der Waals surface area contributed by atoms with Gasteiger partial charge in [-0.25, -0.2) is 9.97 Å². The molecule has 4 N–H and O–H groups in total. The van der Waals surface area contributed by atoms with Crippen LogP contribution in [0.1, 0.15) is 88.1 Å². The van der Waals surface area contributed by atoms with Crippen LogP contribution in [0, 0.1) is 0 Å². The summed E-state index contributed by atoms with van der Waals surface area (Å²) in [7, 11) is 0. The van der Waals surface area contributed by atoms with E-state index in [1.165, 1.54) is 0 Å². The van der Waals surface area contributed by atoms with Gasteiger partial charge in [-0.1, -0.05) is 62.7 Å². The highest BCUT2D eigenvalue weighted by Crippen LogP contribution is 2.38. The molecule has 0 spiro atoms. The van der Waals surface area contributed by atoms with Crippen molar-refractivity contribution in [1.82, 2.24) is 24.8 Å². The SMILES string of the molecule is CC(C)(C)c1cc(NC(=O)Cc2ccc(-c3nc4n5c(cnc(N)c35)/C=C/CCOCCC(=O)N[C@@H]3CCC[C@@H]4C3)cc2)no1. The summed E-state index contributed by atoms with van der Waals surface area (Å²) in [4.78, 5) is 35.1. The number of nitrogen functional groups attached to an aromatic ring is 1. The van der Waals surface area contributed by atoms with Gasteiger partial charge in [-0.15, -0.1) is 0 Å². The number of anilines is 2. The van der Waals surface area contributed by atoms with E-state index in [1.807, 2.05) is 51.1 Å². The summed E-state index contributed by atoms with van der Waals surface area (Å²) in [6.45, 7) is 7.02. The second-order valence-electron chi connectivity index (χ2n) is 13.0. The molecular weight excluding hydrogens is 570 g/mol. The third kappa shape index (κ3) is 6.93. The molecular formula is C34H41N7O4. The number of hydrogen-bond acceptors (Lipinski definition) is 8. The molecule has 0 unspecified atom stereocenters. The summed E-state index contributed by atoms with van der Waals surface area (Å²) in [5.74, 6) is 2.41. The van der Waals surface area contributed by atoms with Crippen molar-refractivity contribution in [3.05, 3.63) is 65.4 Å². The summed E-state index contributed by atoms with van der Waals surface area (Å²) in [5, 5.41) is 10.0. The number of nitrogens with one attached hydrogen (secondary N) is 2. The van der Waals surface area contributed by atoms with Gasteiger partial charge in [0.1, 0.15) is 28.6 Å². The average Bonchev–Trinajstić information content (AvgIpc) is 3.64. The molecule has 2 atom stereocenters. The molecule has 11 heteroatoms. The minimum atomic E-state index is -0.199. The van der Waals surface area contributed by atoms with Gasteiger partial charge < -0.3 is 25.6 Å². The fourth-order valence-corrected chi connectivity index (χ4v) is 6.10. The Morgan fingerprint density at radius 3 is 2.78 bits per heavy atom. The Morgan fingerprint density at radius 2 is 2.00 bits per heavy atom. The Morgan fingerprint density at radius 1 is 1.18 bits per heavy atom. The summed E-state index contributed by atoms with van der Waals surface area (Å²) in [6, 6.07) is 9.64. The van der Waals surface area contributed by atoms with E-state index >= 15 is 0 Å². The lowest BCUT2D eigenvalue weighted by Gasteiger charge is -2.29. The molecule has 0 saturated heterocycles. The molecule has 1 aliphatic heterocycles. The van der Waals surface area contributed by atoms with Gasteiger partial charge in [0, 0.05) is 35.4 Å². The predicted molar refractivity (Wildman–Crippen MR) is 173 cm³/mol. The number of ether oxygens (including phenoxy) is 1. The first kappa shape index (κ1) is 30.5. The van der Waals surface area contributed by atoms with Crippen LogP contribution in [0.3, 0.4) is 0 Å². The first-order valence-electron chi connectivity index (χ1n) is 15.7. The Bertz CT molecular complexity index is 1710. The standard InChI is InChI=1S/C34H41N7O4/c1-34(2,3)26-19-27(40-45-26)38-29(43)17-21-10-12-22(13-11-21)30-31-32(35)36-20-25-9-4-5-15-44-16-14-28(42)37-24-8-6-7-23(18-24)33(39-30)41(25)31/h4,9-13,19-20,23-24H,5-8,14-18H2,1-3H3,(H2,35,36)(H,37,42)(H,38,40,43)/b9-4+/t23-,24-/m1/s1. The Balaban J connectivity index is 1.30. The second-order valence-corrected chi connectivity index (χ2v) is 13.0. The molecule has 1 aromatic carbocycles. The maximum Gasteiger partial charge on any atom is 0.230 e. The number of rotatable bonds is 4. The van der Waals surface area contributed by atoms with Crippen molar-refractivity contribution in [2.45, 2.75) is 83.1 Å². The number of nitrogens with zero attached hydrogens (tertiary/aromatic N) is 4. The molecule has 1 aliphatic carbocycles. The largest absolute Gasteiger partial charge is 0.382 e. The molecule has 0 radical (unpaired) electrons. The smallest absolute Gasteiger partial charge is 0.230 e. The lowest BCUT2D eigenvalue weighted by atomic mass is 9.85. The normalized spacial score (nSPS) is 20.2. The number of carbonyl (C=O) groups excluding carboxylic acids is 2. The zero-order valence-electron chi connectivity index (χ0n) is 26.1. The van der Waals surface area contributed by atoms with Crippen LogP contribution in [0.4, 0.5) is 11.6 Å². The van der Waals surface area contributed by atoms with Crippen molar-refractivity contribution in [2.75, 3.05) is 24.3 Å².